The summed E-state index contributed by atoms with van der Waals surface area (Å²) in [7, 11) is -3.84. The third kappa shape index (κ3) is 5.99. The van der Waals surface area contributed by atoms with Gasteiger partial charge in [-0.2, -0.15) is 13.1 Å². The van der Waals surface area contributed by atoms with E-state index in [4.69, 9.17) is 0 Å². The van der Waals surface area contributed by atoms with E-state index >= 15 is 0 Å². The Balaban J connectivity index is 1.46. The summed E-state index contributed by atoms with van der Waals surface area (Å²) in [5, 5.41) is 2.67. The zero-order valence-electron chi connectivity index (χ0n) is 20.6. The lowest BCUT2D eigenvalue weighted by molar-refractivity contribution is -0.138. The number of hydrogen-bond donors (Lipinski definition) is 1. The van der Waals surface area contributed by atoms with E-state index in [2.05, 4.69) is 15.0 Å². The highest BCUT2D eigenvalue weighted by Gasteiger charge is 2.54. The van der Waals surface area contributed by atoms with Gasteiger partial charge in [0.1, 0.15) is 17.8 Å². The Morgan fingerprint density at radius 1 is 1.21 bits per heavy atom. The number of nitrogens with one attached hydrogen (secondary N) is 1. The molecule has 2 saturated heterocycles. The maximum Gasteiger partial charge on any atom is 0.387 e. The van der Waals surface area contributed by atoms with Crippen LogP contribution in [-0.4, -0.2) is 78.0 Å². The monoisotopic (exact) mass is 550 g/mol. The number of benzene rings is 1. The number of sulfonamides is 1. The van der Waals surface area contributed by atoms with E-state index in [9.17, 15) is 31.6 Å². The average molecular weight is 551 g/mol. The van der Waals surface area contributed by atoms with Gasteiger partial charge >= 0.3 is 6.61 Å². The maximum absolute atomic E-state index is 13.5. The number of ether oxygens (including phenoxy) is 1. The van der Waals surface area contributed by atoms with Crippen molar-refractivity contribution in [2.45, 2.75) is 56.7 Å². The highest BCUT2D eigenvalue weighted by atomic mass is 32.2. The number of carbonyl (C=O) groups excluding carboxylic acids is 3. The lowest BCUT2D eigenvalue weighted by Crippen LogP contribution is -2.52. The van der Waals surface area contributed by atoms with Crippen molar-refractivity contribution in [2.75, 3.05) is 13.1 Å². The van der Waals surface area contributed by atoms with Crippen LogP contribution in [0, 0.1) is 0 Å². The summed E-state index contributed by atoms with van der Waals surface area (Å²) < 4.78 is 56.5. The molecule has 2 amide bonds. The van der Waals surface area contributed by atoms with Crippen LogP contribution in [0.1, 0.15) is 42.1 Å². The molecule has 4 rings (SSSR count). The second-order valence-corrected chi connectivity index (χ2v) is 11.1. The summed E-state index contributed by atoms with van der Waals surface area (Å²) in [6, 6.07) is 5.78. The van der Waals surface area contributed by atoms with Crippen LogP contribution in [0.4, 0.5) is 8.78 Å². The highest BCUT2D eigenvalue weighted by Crippen LogP contribution is 2.33. The summed E-state index contributed by atoms with van der Waals surface area (Å²) in [6.45, 7) is -1.30. The van der Waals surface area contributed by atoms with E-state index in [0.29, 0.717) is 24.8 Å². The third-order valence-corrected chi connectivity index (χ3v) is 8.42. The first-order valence-electron chi connectivity index (χ1n) is 12.2. The van der Waals surface area contributed by atoms with Crippen molar-refractivity contribution in [3.8, 4) is 5.75 Å². The van der Waals surface area contributed by atoms with Crippen LogP contribution < -0.4 is 10.1 Å². The molecule has 2 fully saturated rings. The molecule has 0 spiro atoms. The van der Waals surface area contributed by atoms with Crippen molar-refractivity contribution in [1.29, 1.82) is 0 Å². The minimum atomic E-state index is -3.84. The number of Topliss-reactive ketones (excluding diaryl/α,β-unsaturated/α-hetero) is 1. The van der Waals surface area contributed by atoms with E-state index < -0.39 is 46.6 Å². The molecule has 38 heavy (non-hydrogen) atoms. The molecule has 13 heteroatoms. The molecule has 0 radical (unpaired) electrons. The summed E-state index contributed by atoms with van der Waals surface area (Å²) in [5.74, 6) is -1.84. The summed E-state index contributed by atoms with van der Waals surface area (Å²) in [4.78, 5) is 44.5. The molecule has 2 aliphatic rings. The molecule has 0 saturated carbocycles. The first-order valence-corrected chi connectivity index (χ1v) is 13.8. The molecule has 1 aromatic carbocycles. The smallest absolute Gasteiger partial charge is 0.387 e. The Labute approximate surface area is 219 Å². The van der Waals surface area contributed by atoms with Crippen molar-refractivity contribution >= 4 is 27.6 Å². The van der Waals surface area contributed by atoms with Crippen LogP contribution in [0.5, 0.6) is 5.75 Å². The van der Waals surface area contributed by atoms with Crippen LogP contribution in [0.2, 0.25) is 0 Å². The van der Waals surface area contributed by atoms with Crippen molar-refractivity contribution < 1.29 is 36.3 Å². The number of alkyl halides is 2. The number of aromatic nitrogens is 1. The Morgan fingerprint density at radius 2 is 1.95 bits per heavy atom. The zero-order chi connectivity index (χ0) is 27.4. The normalized spacial score (nSPS) is 20.4. The van der Waals surface area contributed by atoms with Crippen molar-refractivity contribution in [2.24, 2.45) is 0 Å². The summed E-state index contributed by atoms with van der Waals surface area (Å²) in [6.07, 6.45) is 4.14. The molecule has 10 nitrogen and oxygen atoms in total. The molecule has 3 atom stereocenters. The van der Waals surface area contributed by atoms with Gasteiger partial charge in [-0.15, -0.1) is 0 Å². The van der Waals surface area contributed by atoms with Gasteiger partial charge in [0.15, 0.2) is 5.78 Å². The van der Waals surface area contributed by atoms with Crippen LogP contribution in [-0.2, 0) is 25.4 Å². The Hall–Kier alpha value is -3.45. The second-order valence-electron chi connectivity index (χ2n) is 9.18. The average Bonchev–Trinajstić information content (AvgIpc) is 3.45. The van der Waals surface area contributed by atoms with E-state index in [0.717, 1.165) is 0 Å². The molecule has 1 N–H and O–H groups in total. The van der Waals surface area contributed by atoms with E-state index in [-0.39, 0.29) is 35.9 Å². The van der Waals surface area contributed by atoms with Gasteiger partial charge in [0.05, 0.1) is 18.3 Å². The number of hydrogen-bond acceptors (Lipinski definition) is 7. The highest BCUT2D eigenvalue weighted by molar-refractivity contribution is 7.88. The van der Waals surface area contributed by atoms with Gasteiger partial charge in [-0.05, 0) is 48.7 Å². The molecule has 0 bridgehead atoms. The SMILES string of the molecule is CCCC(NC(=O)c1ccc(OC(F)F)cc1)C(=O)N1CCC2C1C(=O)CN2S(=O)(=O)Cc1cccnc1. The zero-order valence-corrected chi connectivity index (χ0v) is 21.4. The van der Waals surface area contributed by atoms with Gasteiger partial charge in [0.25, 0.3) is 5.91 Å². The molecule has 204 valence electrons. The fourth-order valence-electron chi connectivity index (χ4n) is 4.93. The molecular weight excluding hydrogens is 522 g/mol. The van der Waals surface area contributed by atoms with Gasteiger partial charge in [-0.3, -0.25) is 19.4 Å². The predicted molar refractivity (Wildman–Crippen MR) is 132 cm³/mol. The quantitative estimate of drug-likeness (QED) is 0.479. The van der Waals surface area contributed by atoms with Crippen molar-refractivity contribution in [1.82, 2.24) is 19.5 Å². The fourth-order valence-corrected chi connectivity index (χ4v) is 6.65. The molecule has 0 aliphatic carbocycles. The number of fused-ring (bicyclic) bond motifs is 1. The van der Waals surface area contributed by atoms with Gasteiger partial charge in [-0.25, -0.2) is 8.42 Å². The number of nitrogens with zero attached hydrogens (tertiary/aromatic N) is 3. The number of amides is 2. The molecule has 2 aliphatic heterocycles. The van der Waals surface area contributed by atoms with Gasteiger partial charge in [0.2, 0.25) is 15.9 Å². The van der Waals surface area contributed by atoms with Crippen molar-refractivity contribution in [3.05, 3.63) is 59.9 Å². The molecule has 3 unspecified atom stereocenters. The molecular formula is C25H28F2N4O6S. The number of likely N-dealkylation sites (tertiary alicyclic amines) is 1. The lowest BCUT2D eigenvalue weighted by atomic mass is 10.1. The van der Waals surface area contributed by atoms with E-state index in [1.165, 1.54) is 45.9 Å². The van der Waals surface area contributed by atoms with Gasteiger partial charge in [-0.1, -0.05) is 19.4 Å². The minimum absolute atomic E-state index is 0.108. The lowest BCUT2D eigenvalue weighted by Gasteiger charge is -2.28. The predicted octanol–water partition coefficient (Wildman–Crippen LogP) is 1.97. The maximum atomic E-state index is 13.5. The number of carbonyl (C=O) groups is 3. The summed E-state index contributed by atoms with van der Waals surface area (Å²) in [5.41, 5.74) is 0.637. The Bertz CT molecular complexity index is 1280. The number of halogens is 2. The molecule has 3 heterocycles. The largest absolute Gasteiger partial charge is 0.435 e. The van der Waals surface area contributed by atoms with E-state index in [1.807, 2.05) is 6.92 Å². The van der Waals surface area contributed by atoms with Crippen LogP contribution in [0.25, 0.3) is 0 Å². The first-order chi connectivity index (χ1) is 18.1. The topological polar surface area (TPSA) is 126 Å². The standard InChI is InChI=1S/C25H28F2N4O6S/c1-2-4-19(29-23(33)17-6-8-18(9-7-17)37-25(26)27)24(34)30-12-10-20-22(30)21(32)14-31(20)38(35,36)15-16-5-3-11-28-13-16/h3,5-9,11,13,19-20,22,25H,2,4,10,12,14-15H2,1H3,(H,29,33). The van der Waals surface area contributed by atoms with Crippen LogP contribution >= 0.6 is 0 Å². The first kappa shape index (κ1) is 27.6. The molecule has 2 aromatic rings. The number of ketones is 1. The Kier molecular flexibility index (Phi) is 8.36. The second kappa shape index (κ2) is 11.5. The van der Waals surface area contributed by atoms with Crippen LogP contribution in [0.3, 0.4) is 0 Å². The molecule has 1 aromatic heterocycles. The van der Waals surface area contributed by atoms with Crippen molar-refractivity contribution in [3.63, 3.8) is 0 Å². The van der Waals surface area contributed by atoms with Gasteiger partial charge < -0.3 is 15.0 Å². The summed E-state index contributed by atoms with van der Waals surface area (Å²) >= 11 is 0. The number of rotatable bonds is 10. The number of pyridine rings is 1. The fraction of sp³-hybridized carbons (Fsp3) is 0.440. The Morgan fingerprint density at radius 3 is 2.58 bits per heavy atom. The van der Waals surface area contributed by atoms with E-state index in [1.54, 1.807) is 12.1 Å². The minimum Gasteiger partial charge on any atom is -0.435 e. The third-order valence-electron chi connectivity index (χ3n) is 6.61. The van der Waals surface area contributed by atoms with Gasteiger partial charge in [0, 0.05) is 24.5 Å². The van der Waals surface area contributed by atoms with Crippen LogP contribution in [0.15, 0.2) is 48.8 Å².